The number of unbranched alkanes of at least 4 members (excludes halogenated alkanes) is 2. The molecule has 0 fully saturated rings. The van der Waals surface area contributed by atoms with Crippen molar-refractivity contribution in [3.8, 4) is 17.2 Å². The molecule has 1 unspecified atom stereocenters. The van der Waals surface area contributed by atoms with Crippen molar-refractivity contribution in [2.45, 2.75) is 31.8 Å². The first-order valence-electron chi connectivity index (χ1n) is 10.4. The summed E-state index contributed by atoms with van der Waals surface area (Å²) in [6.07, 6.45) is 1.86. The molecule has 1 atom stereocenters. The summed E-state index contributed by atoms with van der Waals surface area (Å²) in [7, 11) is 4.65. The summed E-state index contributed by atoms with van der Waals surface area (Å²) in [6.45, 7) is 0.488. The maximum atomic E-state index is 13.4. The van der Waals surface area contributed by atoms with Gasteiger partial charge in [0.15, 0.2) is 11.5 Å². The fraction of sp³-hybridized carbons (Fsp3) is 0.391. The van der Waals surface area contributed by atoms with Gasteiger partial charge in [0.05, 0.1) is 26.9 Å². The highest BCUT2D eigenvalue weighted by molar-refractivity contribution is 6.01. The van der Waals surface area contributed by atoms with Crippen LogP contribution < -0.4 is 25.0 Å². The van der Waals surface area contributed by atoms with Crippen molar-refractivity contribution in [2.75, 3.05) is 33.2 Å². The van der Waals surface area contributed by atoms with Crippen LogP contribution >= 0.6 is 0 Å². The van der Waals surface area contributed by atoms with Gasteiger partial charge >= 0.3 is 0 Å². The van der Waals surface area contributed by atoms with Gasteiger partial charge in [-0.2, -0.15) is 0 Å². The number of methoxy groups -OCH3 is 3. The highest BCUT2D eigenvalue weighted by Gasteiger charge is 2.33. The standard InChI is InChI=1S/C23H29N3O6/c1-30-18-13-15(14-19(31-2)21(18)32-3)22-24-17-10-7-6-9-16(17)23(28)26(22)12-8-4-5-11-20(27)25-29/h6-7,9-10,13-14,22,24,29H,4-5,8,11-12H2,1-3H3,(H,25,27). The number of benzene rings is 2. The summed E-state index contributed by atoms with van der Waals surface area (Å²) >= 11 is 0. The maximum Gasteiger partial charge on any atom is 0.257 e. The van der Waals surface area contributed by atoms with Crippen LogP contribution in [0.25, 0.3) is 0 Å². The topological polar surface area (TPSA) is 109 Å². The van der Waals surface area contributed by atoms with Crippen molar-refractivity contribution >= 4 is 17.5 Å². The summed E-state index contributed by atoms with van der Waals surface area (Å²) in [5.41, 5.74) is 3.79. The van der Waals surface area contributed by atoms with Gasteiger partial charge in [0.2, 0.25) is 11.7 Å². The molecule has 9 nitrogen and oxygen atoms in total. The molecule has 32 heavy (non-hydrogen) atoms. The Morgan fingerprint density at radius 1 is 1.06 bits per heavy atom. The van der Waals surface area contributed by atoms with Crippen molar-refractivity contribution in [3.05, 3.63) is 47.5 Å². The Balaban J connectivity index is 1.89. The molecule has 1 aliphatic rings. The van der Waals surface area contributed by atoms with E-state index in [1.807, 2.05) is 30.3 Å². The lowest BCUT2D eigenvalue weighted by atomic mass is 10.0. The lowest BCUT2D eigenvalue weighted by Gasteiger charge is -2.38. The molecule has 172 valence electrons. The number of nitrogens with one attached hydrogen (secondary N) is 2. The second kappa shape index (κ2) is 10.7. The molecule has 3 rings (SSSR count). The number of carbonyl (C=O) groups is 2. The zero-order valence-corrected chi connectivity index (χ0v) is 18.5. The number of rotatable bonds is 10. The number of hydrogen-bond donors (Lipinski definition) is 3. The van der Waals surface area contributed by atoms with Crippen LogP contribution in [0.2, 0.25) is 0 Å². The van der Waals surface area contributed by atoms with Gasteiger partial charge in [0, 0.05) is 24.2 Å². The normalized spacial score (nSPS) is 14.9. The van der Waals surface area contributed by atoms with E-state index in [4.69, 9.17) is 19.4 Å². The van der Waals surface area contributed by atoms with Gasteiger partial charge in [-0.3, -0.25) is 14.8 Å². The molecule has 0 aromatic heterocycles. The largest absolute Gasteiger partial charge is 0.493 e. The molecule has 9 heteroatoms. The number of nitrogens with zero attached hydrogens (tertiary/aromatic N) is 1. The summed E-state index contributed by atoms with van der Waals surface area (Å²) in [5, 5.41) is 12.1. The van der Waals surface area contributed by atoms with E-state index in [0.717, 1.165) is 17.7 Å². The van der Waals surface area contributed by atoms with Crippen molar-refractivity contribution in [3.63, 3.8) is 0 Å². The van der Waals surface area contributed by atoms with Crippen molar-refractivity contribution in [1.29, 1.82) is 0 Å². The molecule has 0 spiro atoms. The molecule has 0 radical (unpaired) electrons. The third kappa shape index (κ3) is 4.88. The van der Waals surface area contributed by atoms with Crippen LogP contribution in [0.15, 0.2) is 36.4 Å². The minimum atomic E-state index is -0.438. The number of hydroxylamine groups is 1. The van der Waals surface area contributed by atoms with E-state index < -0.39 is 12.1 Å². The smallest absolute Gasteiger partial charge is 0.257 e. The monoisotopic (exact) mass is 443 g/mol. The van der Waals surface area contributed by atoms with Crippen molar-refractivity contribution in [2.24, 2.45) is 0 Å². The van der Waals surface area contributed by atoms with E-state index in [9.17, 15) is 9.59 Å². The predicted octanol–water partition coefficient (Wildman–Crippen LogP) is 3.34. The summed E-state index contributed by atoms with van der Waals surface area (Å²) in [4.78, 5) is 26.3. The Labute approximate surface area is 187 Å². The fourth-order valence-electron chi connectivity index (χ4n) is 3.85. The van der Waals surface area contributed by atoms with Gasteiger partial charge in [-0.15, -0.1) is 0 Å². The first-order chi connectivity index (χ1) is 15.5. The summed E-state index contributed by atoms with van der Waals surface area (Å²) < 4.78 is 16.4. The van der Waals surface area contributed by atoms with Crippen LogP contribution in [0.1, 0.15) is 47.8 Å². The maximum absolute atomic E-state index is 13.4. The van der Waals surface area contributed by atoms with Gasteiger partial charge in [0.25, 0.3) is 5.91 Å². The lowest BCUT2D eigenvalue weighted by Crippen LogP contribution is -2.43. The third-order valence-corrected chi connectivity index (χ3v) is 5.45. The number of anilines is 1. The number of hydrogen-bond acceptors (Lipinski definition) is 7. The van der Waals surface area contributed by atoms with Crippen LogP contribution in [0.4, 0.5) is 5.69 Å². The first-order valence-corrected chi connectivity index (χ1v) is 10.4. The van der Waals surface area contributed by atoms with Crippen LogP contribution in [-0.4, -0.2) is 49.8 Å². The molecule has 2 aromatic rings. The highest BCUT2D eigenvalue weighted by Crippen LogP contribution is 2.42. The molecule has 0 saturated heterocycles. The van der Waals surface area contributed by atoms with Crippen molar-refractivity contribution < 1.29 is 29.0 Å². The number of carbonyl (C=O) groups excluding carboxylic acids is 2. The lowest BCUT2D eigenvalue weighted by molar-refractivity contribution is -0.129. The Bertz CT molecular complexity index is 939. The zero-order valence-electron chi connectivity index (χ0n) is 18.5. The third-order valence-electron chi connectivity index (χ3n) is 5.45. The van der Waals surface area contributed by atoms with E-state index in [0.29, 0.717) is 42.2 Å². The Kier molecular flexibility index (Phi) is 7.77. The quantitative estimate of drug-likeness (QED) is 0.293. The van der Waals surface area contributed by atoms with Crippen LogP contribution in [0.3, 0.4) is 0 Å². The minimum Gasteiger partial charge on any atom is -0.493 e. The van der Waals surface area contributed by atoms with E-state index in [2.05, 4.69) is 5.32 Å². The Morgan fingerprint density at radius 2 is 1.75 bits per heavy atom. The fourth-order valence-corrected chi connectivity index (χ4v) is 3.85. The van der Waals surface area contributed by atoms with Gasteiger partial charge in [-0.1, -0.05) is 18.6 Å². The molecule has 2 aromatic carbocycles. The van der Waals surface area contributed by atoms with Gasteiger partial charge in [0.1, 0.15) is 6.17 Å². The molecular weight excluding hydrogens is 414 g/mol. The molecule has 1 heterocycles. The number of para-hydroxylation sites is 1. The van der Waals surface area contributed by atoms with E-state index in [-0.39, 0.29) is 12.3 Å². The predicted molar refractivity (Wildman–Crippen MR) is 118 cm³/mol. The second-order valence-electron chi connectivity index (χ2n) is 7.40. The van der Waals surface area contributed by atoms with Crippen LogP contribution in [-0.2, 0) is 4.79 Å². The SMILES string of the molecule is COc1cc(C2Nc3ccccc3C(=O)N2CCCCCC(=O)NO)cc(OC)c1OC. The van der Waals surface area contributed by atoms with Crippen molar-refractivity contribution in [1.82, 2.24) is 10.4 Å². The zero-order chi connectivity index (χ0) is 23.1. The van der Waals surface area contributed by atoms with E-state index >= 15 is 0 Å². The molecule has 0 aliphatic carbocycles. The molecule has 1 aliphatic heterocycles. The minimum absolute atomic E-state index is 0.0776. The van der Waals surface area contributed by atoms with Gasteiger partial charge < -0.3 is 24.4 Å². The van der Waals surface area contributed by atoms with Crippen LogP contribution in [0.5, 0.6) is 17.2 Å². The molecule has 0 saturated carbocycles. The van der Waals surface area contributed by atoms with Gasteiger partial charge in [-0.25, -0.2) is 5.48 Å². The van der Waals surface area contributed by atoms with Crippen LogP contribution in [0, 0.1) is 0 Å². The molecule has 0 bridgehead atoms. The van der Waals surface area contributed by atoms with Gasteiger partial charge in [-0.05, 0) is 37.1 Å². The summed E-state index contributed by atoms with van der Waals surface area (Å²) in [5.74, 6) is 1.00. The average Bonchev–Trinajstić information content (AvgIpc) is 2.83. The van der Waals surface area contributed by atoms with E-state index in [1.165, 1.54) is 0 Å². The molecule has 3 N–H and O–H groups in total. The molecule has 2 amide bonds. The first kappa shape index (κ1) is 23.2. The number of fused-ring (bicyclic) bond motifs is 1. The summed E-state index contributed by atoms with van der Waals surface area (Å²) in [6, 6.07) is 11.1. The Morgan fingerprint density at radius 3 is 2.38 bits per heavy atom. The molecular formula is C23H29N3O6. The van der Waals surface area contributed by atoms with E-state index in [1.54, 1.807) is 37.8 Å². The Hall–Kier alpha value is -3.46. The number of amides is 2. The number of ether oxygens (including phenoxy) is 3. The second-order valence-corrected chi connectivity index (χ2v) is 7.40. The average molecular weight is 444 g/mol. The highest BCUT2D eigenvalue weighted by atomic mass is 16.5.